The zero-order valence-corrected chi connectivity index (χ0v) is 21.5. The summed E-state index contributed by atoms with van der Waals surface area (Å²) in [4.78, 5) is 25.9. The normalized spacial score (nSPS) is 12.3. The number of terminal acetylenes is 1. The monoisotopic (exact) mass is 537 g/mol. The molecular formula is C28H25Cl2N3O4. The molecule has 0 unspecified atom stereocenters. The summed E-state index contributed by atoms with van der Waals surface area (Å²) < 4.78 is 11.2. The molecule has 0 aliphatic carbocycles. The topological polar surface area (TPSA) is 89.0 Å². The number of nitrogens with one attached hydrogen (secondary N) is 2. The fraction of sp³-hybridized carbons (Fsp3) is 0.179. The predicted octanol–water partition coefficient (Wildman–Crippen LogP) is 4.65. The van der Waals surface area contributed by atoms with E-state index in [9.17, 15) is 9.59 Å². The number of carbonyl (C=O) groups excluding carboxylic acids is 2. The van der Waals surface area contributed by atoms with E-state index in [2.05, 4.69) is 21.8 Å². The van der Waals surface area contributed by atoms with Gasteiger partial charge in [0, 0.05) is 17.0 Å². The van der Waals surface area contributed by atoms with Gasteiger partial charge in [0.2, 0.25) is 0 Å². The molecule has 3 aromatic carbocycles. The first-order valence-corrected chi connectivity index (χ1v) is 12.1. The van der Waals surface area contributed by atoms with Gasteiger partial charge in [-0.25, -0.2) is 5.43 Å². The van der Waals surface area contributed by atoms with E-state index in [1.807, 2.05) is 30.3 Å². The largest absolute Gasteiger partial charge is 0.480 e. The molecule has 0 saturated carbocycles. The molecule has 2 amide bonds. The van der Waals surface area contributed by atoms with E-state index >= 15 is 0 Å². The lowest BCUT2D eigenvalue weighted by Gasteiger charge is -2.21. The van der Waals surface area contributed by atoms with Crippen LogP contribution in [0.1, 0.15) is 18.1 Å². The van der Waals surface area contributed by atoms with Gasteiger partial charge in [0.1, 0.15) is 24.1 Å². The summed E-state index contributed by atoms with van der Waals surface area (Å²) in [6, 6.07) is 20.2. The van der Waals surface area contributed by atoms with Crippen molar-refractivity contribution in [3.63, 3.8) is 0 Å². The Labute approximate surface area is 225 Å². The molecule has 3 rings (SSSR count). The average Bonchev–Trinajstić information content (AvgIpc) is 2.89. The van der Waals surface area contributed by atoms with Crippen molar-refractivity contribution < 1.29 is 19.1 Å². The van der Waals surface area contributed by atoms with Gasteiger partial charge in [-0.2, -0.15) is 5.10 Å². The average molecular weight is 538 g/mol. The Balaban J connectivity index is 1.70. The van der Waals surface area contributed by atoms with Crippen LogP contribution in [0.15, 0.2) is 77.9 Å². The van der Waals surface area contributed by atoms with Crippen LogP contribution < -0.4 is 20.2 Å². The van der Waals surface area contributed by atoms with E-state index in [1.165, 1.54) is 12.3 Å². The molecule has 2 N–H and O–H groups in total. The van der Waals surface area contributed by atoms with Crippen molar-refractivity contribution in [3.05, 3.63) is 94.0 Å². The molecule has 0 saturated heterocycles. The molecular weight excluding hydrogens is 513 g/mol. The van der Waals surface area contributed by atoms with Gasteiger partial charge in [-0.05, 0) is 42.8 Å². The highest BCUT2D eigenvalue weighted by Crippen LogP contribution is 2.28. The molecule has 3 aromatic rings. The minimum atomic E-state index is -0.937. The van der Waals surface area contributed by atoms with Crippen LogP contribution in [0.3, 0.4) is 0 Å². The van der Waals surface area contributed by atoms with Crippen LogP contribution >= 0.6 is 23.2 Å². The minimum Gasteiger partial charge on any atom is -0.480 e. The van der Waals surface area contributed by atoms with Gasteiger partial charge in [-0.1, -0.05) is 71.6 Å². The second kappa shape index (κ2) is 13.9. The Morgan fingerprint density at radius 3 is 2.49 bits per heavy atom. The number of benzene rings is 3. The molecule has 0 fully saturated rings. The number of hydrazone groups is 1. The van der Waals surface area contributed by atoms with Crippen LogP contribution in [0.2, 0.25) is 10.0 Å². The highest BCUT2D eigenvalue weighted by Gasteiger charge is 2.25. The first-order valence-electron chi connectivity index (χ1n) is 11.3. The van der Waals surface area contributed by atoms with Crippen LogP contribution in [0.25, 0.3) is 0 Å². The number of amides is 2. The summed E-state index contributed by atoms with van der Waals surface area (Å²) in [5, 5.41) is 7.50. The van der Waals surface area contributed by atoms with Gasteiger partial charge in [0.05, 0.1) is 11.2 Å². The van der Waals surface area contributed by atoms with Gasteiger partial charge >= 0.3 is 0 Å². The molecule has 37 heavy (non-hydrogen) atoms. The van der Waals surface area contributed by atoms with Crippen molar-refractivity contribution in [1.82, 2.24) is 10.7 Å². The van der Waals surface area contributed by atoms with Crippen LogP contribution in [0, 0.1) is 12.3 Å². The number of para-hydroxylation sites is 1. The van der Waals surface area contributed by atoms with Crippen molar-refractivity contribution in [2.75, 3.05) is 6.61 Å². The molecule has 0 radical (unpaired) electrons. The molecule has 0 spiro atoms. The summed E-state index contributed by atoms with van der Waals surface area (Å²) >= 11 is 12.1. The second-order valence-corrected chi connectivity index (χ2v) is 8.69. The van der Waals surface area contributed by atoms with Crippen molar-refractivity contribution in [1.29, 1.82) is 0 Å². The standard InChI is InChI=1S/C28H25Cl2N3O4/c1-3-15-36-25-12-8-7-11-21(25)18-31-33-28(35)24(16-20-9-5-4-6-10-20)32-27(34)19(2)37-26-14-13-22(29)17-23(26)30/h1,4-14,17-19,24H,15-16H2,2H3,(H,32,34)(H,33,35)/b31-18-/t19-,24-/m0/s1. The SMILES string of the molecule is C#CCOc1ccccc1/C=N\NC(=O)[C@H](Cc1ccccc1)NC(=O)[C@H](C)Oc1ccc(Cl)cc1Cl. The van der Waals surface area contributed by atoms with Gasteiger partial charge in [-0.15, -0.1) is 6.42 Å². The molecule has 0 aromatic heterocycles. The third-order valence-corrected chi connectivity index (χ3v) is 5.62. The predicted molar refractivity (Wildman–Crippen MR) is 145 cm³/mol. The third-order valence-electron chi connectivity index (χ3n) is 5.09. The first kappa shape index (κ1) is 27.6. The van der Waals surface area contributed by atoms with E-state index in [-0.39, 0.29) is 18.1 Å². The molecule has 0 aliphatic rings. The fourth-order valence-electron chi connectivity index (χ4n) is 3.24. The van der Waals surface area contributed by atoms with Crippen LogP contribution in [0.4, 0.5) is 0 Å². The quantitative estimate of drug-likeness (QED) is 0.211. The molecule has 0 aliphatic heterocycles. The first-order chi connectivity index (χ1) is 17.9. The van der Waals surface area contributed by atoms with Crippen LogP contribution in [0.5, 0.6) is 11.5 Å². The Hall–Kier alpha value is -3.99. The maximum Gasteiger partial charge on any atom is 0.262 e. The maximum absolute atomic E-state index is 13.0. The number of hydrogen-bond acceptors (Lipinski definition) is 5. The summed E-state index contributed by atoms with van der Waals surface area (Å²) in [6.45, 7) is 1.66. The summed E-state index contributed by atoms with van der Waals surface area (Å²) in [5.41, 5.74) is 3.97. The number of halogens is 2. The van der Waals surface area contributed by atoms with E-state index in [1.54, 1.807) is 43.3 Å². The molecule has 190 valence electrons. The molecule has 0 bridgehead atoms. The number of ether oxygens (including phenoxy) is 2. The van der Waals surface area contributed by atoms with E-state index in [4.69, 9.17) is 39.1 Å². The zero-order valence-electron chi connectivity index (χ0n) is 20.0. The Bertz CT molecular complexity index is 1290. The number of carbonyl (C=O) groups is 2. The Morgan fingerprint density at radius 1 is 1.03 bits per heavy atom. The van der Waals surface area contributed by atoms with Gasteiger partial charge in [0.25, 0.3) is 11.8 Å². The van der Waals surface area contributed by atoms with Crippen LogP contribution in [-0.4, -0.2) is 36.8 Å². The Kier molecular flexibility index (Phi) is 10.4. The number of rotatable bonds is 11. The number of nitrogens with zero attached hydrogens (tertiary/aromatic N) is 1. The fourth-order valence-corrected chi connectivity index (χ4v) is 3.70. The lowest BCUT2D eigenvalue weighted by molar-refractivity contribution is -0.132. The minimum absolute atomic E-state index is 0.101. The van der Waals surface area contributed by atoms with Crippen molar-refractivity contribution >= 4 is 41.2 Å². The zero-order chi connectivity index (χ0) is 26.6. The van der Waals surface area contributed by atoms with Crippen LogP contribution in [-0.2, 0) is 16.0 Å². The highest BCUT2D eigenvalue weighted by molar-refractivity contribution is 6.35. The lowest BCUT2D eigenvalue weighted by Crippen LogP contribution is -2.50. The van der Waals surface area contributed by atoms with Gasteiger partial charge in [0.15, 0.2) is 6.10 Å². The molecule has 0 heterocycles. The lowest BCUT2D eigenvalue weighted by atomic mass is 10.1. The summed E-state index contributed by atoms with van der Waals surface area (Å²) in [7, 11) is 0. The summed E-state index contributed by atoms with van der Waals surface area (Å²) in [5.74, 6) is 2.22. The summed E-state index contributed by atoms with van der Waals surface area (Å²) in [6.07, 6.45) is 6.01. The number of hydrogen-bond donors (Lipinski definition) is 2. The molecule has 7 nitrogen and oxygen atoms in total. The molecule has 9 heteroatoms. The van der Waals surface area contributed by atoms with Crippen molar-refractivity contribution in [2.45, 2.75) is 25.5 Å². The molecule has 2 atom stereocenters. The Morgan fingerprint density at radius 2 is 1.76 bits per heavy atom. The van der Waals surface area contributed by atoms with E-state index in [0.29, 0.717) is 22.1 Å². The maximum atomic E-state index is 13.0. The smallest absolute Gasteiger partial charge is 0.262 e. The van der Waals surface area contributed by atoms with Crippen molar-refractivity contribution in [2.24, 2.45) is 5.10 Å². The van der Waals surface area contributed by atoms with Crippen molar-refractivity contribution in [3.8, 4) is 23.8 Å². The van der Waals surface area contributed by atoms with E-state index < -0.39 is 24.0 Å². The highest BCUT2D eigenvalue weighted by atomic mass is 35.5. The van der Waals surface area contributed by atoms with E-state index in [0.717, 1.165) is 5.56 Å². The van der Waals surface area contributed by atoms with Gasteiger partial charge in [-0.3, -0.25) is 9.59 Å². The second-order valence-electron chi connectivity index (χ2n) is 7.85. The third kappa shape index (κ3) is 8.57. The van der Waals surface area contributed by atoms with Gasteiger partial charge < -0.3 is 14.8 Å².